The van der Waals surface area contributed by atoms with Gasteiger partial charge in [-0.3, -0.25) is 4.90 Å². The quantitative estimate of drug-likeness (QED) is 0.695. The Bertz CT molecular complexity index is 873. The molecule has 4 rings (SSSR count). The van der Waals surface area contributed by atoms with Crippen LogP contribution in [0.5, 0.6) is 0 Å². The first-order chi connectivity index (χ1) is 13.2. The van der Waals surface area contributed by atoms with E-state index in [1.165, 1.54) is 11.1 Å². The van der Waals surface area contributed by atoms with Crippen molar-refractivity contribution in [2.75, 3.05) is 19.7 Å². The van der Waals surface area contributed by atoms with Crippen molar-refractivity contribution in [2.24, 2.45) is 7.05 Å². The molecule has 2 aromatic carbocycles. The van der Waals surface area contributed by atoms with Gasteiger partial charge in [-0.1, -0.05) is 61.5 Å². The lowest BCUT2D eigenvalue weighted by atomic mass is 10.0. The third kappa shape index (κ3) is 3.94. The molecule has 0 unspecified atom stereocenters. The van der Waals surface area contributed by atoms with Gasteiger partial charge in [0.25, 0.3) is 0 Å². The molecule has 1 aromatic heterocycles. The zero-order valence-corrected chi connectivity index (χ0v) is 16.0. The van der Waals surface area contributed by atoms with Crippen molar-refractivity contribution >= 4 is 0 Å². The highest BCUT2D eigenvalue weighted by Crippen LogP contribution is 2.24. The summed E-state index contributed by atoms with van der Waals surface area (Å²) in [7, 11) is 2.04. The Hall–Kier alpha value is -2.50. The predicted molar refractivity (Wildman–Crippen MR) is 106 cm³/mol. The lowest BCUT2D eigenvalue weighted by Gasteiger charge is -2.32. The third-order valence-corrected chi connectivity index (χ3v) is 5.27. The lowest BCUT2D eigenvalue weighted by molar-refractivity contribution is -0.0339. The first-order valence-electron chi connectivity index (χ1n) is 9.61. The second kappa shape index (κ2) is 8.03. The van der Waals surface area contributed by atoms with Gasteiger partial charge < -0.3 is 9.30 Å². The number of nitrogens with zero attached hydrogens (tertiary/aromatic N) is 4. The van der Waals surface area contributed by atoms with Crippen molar-refractivity contribution in [2.45, 2.75) is 26.0 Å². The van der Waals surface area contributed by atoms with Crippen molar-refractivity contribution in [3.8, 4) is 11.4 Å². The van der Waals surface area contributed by atoms with Crippen LogP contribution in [0.25, 0.3) is 11.4 Å². The average Bonchev–Trinajstić information content (AvgIpc) is 3.09. The van der Waals surface area contributed by atoms with Crippen LogP contribution in [-0.4, -0.2) is 39.4 Å². The molecular formula is C22H26N4O. The molecule has 1 fully saturated rings. The summed E-state index contributed by atoms with van der Waals surface area (Å²) in [5, 5.41) is 8.84. The molecule has 0 bridgehead atoms. The minimum atomic E-state index is 0.117. The first-order valence-corrected chi connectivity index (χ1v) is 9.61. The highest BCUT2D eigenvalue weighted by molar-refractivity contribution is 5.54. The van der Waals surface area contributed by atoms with Crippen LogP contribution in [0.3, 0.4) is 0 Å². The maximum atomic E-state index is 6.03. The molecule has 1 atom stereocenters. The topological polar surface area (TPSA) is 43.2 Å². The summed E-state index contributed by atoms with van der Waals surface area (Å²) in [5.74, 6) is 1.89. The Balaban J connectivity index is 1.46. The van der Waals surface area contributed by atoms with Crippen molar-refractivity contribution in [1.29, 1.82) is 0 Å². The van der Waals surface area contributed by atoms with Gasteiger partial charge in [-0.25, -0.2) is 0 Å². The monoisotopic (exact) mass is 362 g/mol. The van der Waals surface area contributed by atoms with Gasteiger partial charge >= 0.3 is 0 Å². The van der Waals surface area contributed by atoms with Crippen LogP contribution >= 0.6 is 0 Å². The highest BCUT2D eigenvalue weighted by Gasteiger charge is 2.23. The summed E-state index contributed by atoms with van der Waals surface area (Å²) in [5.41, 5.74) is 3.70. The molecule has 140 valence electrons. The Kier molecular flexibility index (Phi) is 5.32. The molecule has 27 heavy (non-hydrogen) atoms. The number of morpholine rings is 1. The molecule has 2 heterocycles. The molecule has 3 aromatic rings. The van der Waals surface area contributed by atoms with Gasteiger partial charge in [0.2, 0.25) is 0 Å². The van der Waals surface area contributed by atoms with E-state index in [0.29, 0.717) is 0 Å². The zero-order valence-electron chi connectivity index (χ0n) is 16.0. The molecule has 1 saturated heterocycles. The fraction of sp³-hybridized carbons (Fsp3) is 0.364. The van der Waals surface area contributed by atoms with E-state index in [-0.39, 0.29) is 6.10 Å². The Morgan fingerprint density at radius 1 is 1.04 bits per heavy atom. The molecule has 0 spiro atoms. The Morgan fingerprint density at radius 3 is 2.56 bits per heavy atom. The van der Waals surface area contributed by atoms with E-state index >= 15 is 0 Å². The van der Waals surface area contributed by atoms with E-state index < -0.39 is 0 Å². The van der Waals surface area contributed by atoms with E-state index in [4.69, 9.17) is 4.74 Å². The van der Waals surface area contributed by atoms with Crippen molar-refractivity contribution in [1.82, 2.24) is 19.7 Å². The van der Waals surface area contributed by atoms with Gasteiger partial charge in [0.1, 0.15) is 5.82 Å². The molecule has 1 aliphatic rings. The Labute approximate surface area is 160 Å². The van der Waals surface area contributed by atoms with Gasteiger partial charge in [0.05, 0.1) is 19.3 Å². The molecule has 0 saturated carbocycles. The standard InChI is InChI=1S/C22H26N4O/c1-3-17-9-11-18(12-10-17)20-15-26(13-14-27-20)16-21-23-24-22(25(21)2)19-7-5-4-6-8-19/h4-12,20H,3,13-16H2,1-2H3/t20-/m1/s1. The van der Waals surface area contributed by atoms with Crippen molar-refractivity contribution in [3.05, 3.63) is 71.5 Å². The smallest absolute Gasteiger partial charge is 0.163 e. The largest absolute Gasteiger partial charge is 0.371 e. The summed E-state index contributed by atoms with van der Waals surface area (Å²) in [6, 6.07) is 19.0. The van der Waals surface area contributed by atoms with Crippen LogP contribution in [0, 0.1) is 0 Å². The van der Waals surface area contributed by atoms with E-state index in [9.17, 15) is 0 Å². The van der Waals surface area contributed by atoms with Gasteiger partial charge in [-0.2, -0.15) is 0 Å². The van der Waals surface area contributed by atoms with Crippen LogP contribution in [0.4, 0.5) is 0 Å². The van der Waals surface area contributed by atoms with Gasteiger partial charge in [-0.05, 0) is 17.5 Å². The second-order valence-corrected chi connectivity index (χ2v) is 7.05. The number of hydrogen-bond donors (Lipinski definition) is 0. The van der Waals surface area contributed by atoms with Crippen LogP contribution in [0.15, 0.2) is 54.6 Å². The number of hydrogen-bond acceptors (Lipinski definition) is 4. The predicted octanol–water partition coefficient (Wildman–Crippen LogP) is 3.62. The van der Waals surface area contributed by atoms with Crippen molar-refractivity contribution < 1.29 is 4.74 Å². The number of aryl methyl sites for hydroxylation is 1. The summed E-state index contributed by atoms with van der Waals surface area (Å²) in [4.78, 5) is 2.40. The second-order valence-electron chi connectivity index (χ2n) is 7.05. The van der Waals surface area contributed by atoms with Crippen LogP contribution in [-0.2, 0) is 24.8 Å². The van der Waals surface area contributed by atoms with Gasteiger partial charge in [0.15, 0.2) is 5.82 Å². The molecular weight excluding hydrogens is 336 g/mol. The van der Waals surface area contributed by atoms with Crippen molar-refractivity contribution in [3.63, 3.8) is 0 Å². The fourth-order valence-corrected chi connectivity index (χ4v) is 3.55. The number of rotatable bonds is 5. The summed E-state index contributed by atoms with van der Waals surface area (Å²) in [6.45, 7) is 5.49. The highest BCUT2D eigenvalue weighted by atomic mass is 16.5. The minimum absolute atomic E-state index is 0.117. The third-order valence-electron chi connectivity index (χ3n) is 5.27. The van der Waals surface area contributed by atoms with Gasteiger partial charge in [0, 0.05) is 25.7 Å². The molecule has 0 radical (unpaired) electrons. The summed E-state index contributed by atoms with van der Waals surface area (Å²) < 4.78 is 8.12. The van der Waals surface area contributed by atoms with E-state index in [1.807, 2.05) is 25.2 Å². The molecule has 1 aliphatic heterocycles. The number of aromatic nitrogens is 3. The van der Waals surface area contributed by atoms with E-state index in [2.05, 4.69) is 63.0 Å². The molecule has 0 aliphatic carbocycles. The van der Waals surface area contributed by atoms with Gasteiger partial charge in [-0.15, -0.1) is 10.2 Å². The summed E-state index contributed by atoms with van der Waals surface area (Å²) >= 11 is 0. The van der Waals surface area contributed by atoms with E-state index in [1.54, 1.807) is 0 Å². The normalized spacial score (nSPS) is 17.9. The lowest BCUT2D eigenvalue weighted by Crippen LogP contribution is -2.38. The molecule has 5 nitrogen and oxygen atoms in total. The Morgan fingerprint density at radius 2 is 1.81 bits per heavy atom. The number of ether oxygens (including phenoxy) is 1. The number of benzene rings is 2. The zero-order chi connectivity index (χ0) is 18.6. The van der Waals surface area contributed by atoms with E-state index in [0.717, 1.165) is 49.9 Å². The molecule has 0 N–H and O–H groups in total. The maximum absolute atomic E-state index is 6.03. The first kappa shape index (κ1) is 17.9. The van der Waals surface area contributed by atoms with Crippen LogP contribution in [0.1, 0.15) is 30.0 Å². The summed E-state index contributed by atoms with van der Waals surface area (Å²) in [6.07, 6.45) is 1.18. The fourth-order valence-electron chi connectivity index (χ4n) is 3.55. The molecule has 5 heteroatoms. The van der Waals surface area contributed by atoms with Crippen LogP contribution in [0.2, 0.25) is 0 Å². The minimum Gasteiger partial charge on any atom is -0.371 e. The van der Waals surface area contributed by atoms with Crippen LogP contribution < -0.4 is 0 Å². The molecule has 0 amide bonds. The average molecular weight is 362 g/mol. The SMILES string of the molecule is CCc1ccc([C@H]2CN(Cc3nnc(-c4ccccc4)n3C)CCO2)cc1. The maximum Gasteiger partial charge on any atom is 0.163 e.